The Kier molecular flexibility index (Phi) is 8.45. The number of aliphatic hydroxyl groups excluding tert-OH is 1. The van der Waals surface area contributed by atoms with Crippen LogP contribution in [0.25, 0.3) is 0 Å². The Morgan fingerprint density at radius 1 is 1.29 bits per heavy atom. The van der Waals surface area contributed by atoms with Crippen molar-refractivity contribution in [2.45, 2.75) is 83.5 Å². The third-order valence-electron chi connectivity index (χ3n) is 8.09. The van der Waals surface area contributed by atoms with E-state index in [1.165, 1.54) is 0 Å². The Morgan fingerprint density at radius 3 is 2.65 bits per heavy atom. The highest BCUT2D eigenvalue weighted by Crippen LogP contribution is 2.65. The van der Waals surface area contributed by atoms with Crippen LogP contribution in [0, 0.1) is 17.8 Å². The maximum absolute atomic E-state index is 14.1. The maximum atomic E-state index is 14.1. The summed E-state index contributed by atoms with van der Waals surface area (Å²) >= 11 is 0. The lowest BCUT2D eigenvalue weighted by Gasteiger charge is -2.37. The zero-order valence-corrected chi connectivity index (χ0v) is 21.3. The highest BCUT2D eigenvalue weighted by Gasteiger charge is 2.80. The molecule has 1 spiro atoms. The van der Waals surface area contributed by atoms with Crippen LogP contribution in [0.15, 0.2) is 12.7 Å². The van der Waals surface area contributed by atoms with Crippen molar-refractivity contribution in [3.63, 3.8) is 0 Å². The van der Waals surface area contributed by atoms with Crippen molar-refractivity contribution in [3.8, 4) is 0 Å². The number of esters is 1. The van der Waals surface area contributed by atoms with Gasteiger partial charge >= 0.3 is 5.97 Å². The van der Waals surface area contributed by atoms with Crippen LogP contribution in [0.4, 0.5) is 0 Å². The SMILES string of the molecule is C=CCN(CCCC)C(=O)C1N(CCCCCO)C(=O)[C@@H]2[C@H](C(=O)OCC)[C@@]3(C)OC12CC3C. The van der Waals surface area contributed by atoms with E-state index in [-0.39, 0.29) is 30.9 Å². The third kappa shape index (κ3) is 4.28. The summed E-state index contributed by atoms with van der Waals surface area (Å²) in [5, 5.41) is 9.16. The standard InChI is InChI=1S/C26H42N2O6/c1-6-9-14-27(13-7-2)23(31)21-26-17-18(4)25(5,34-26)20(24(32)33-8-3)19(26)22(30)28(21)15-11-10-12-16-29/h7,18-21,29H,2,6,8-17H2,1,3-5H3/t18?,19-,20+,21?,25-,26?/m0/s1. The number of carbonyl (C=O) groups is 3. The topological polar surface area (TPSA) is 96.4 Å². The summed E-state index contributed by atoms with van der Waals surface area (Å²) in [6, 6.07) is -0.778. The average molecular weight is 479 g/mol. The van der Waals surface area contributed by atoms with E-state index in [4.69, 9.17) is 14.6 Å². The van der Waals surface area contributed by atoms with E-state index in [9.17, 15) is 14.4 Å². The Hall–Kier alpha value is -1.93. The van der Waals surface area contributed by atoms with E-state index in [0.29, 0.717) is 38.9 Å². The van der Waals surface area contributed by atoms with Gasteiger partial charge in [-0.2, -0.15) is 0 Å². The second kappa shape index (κ2) is 10.8. The first-order valence-corrected chi connectivity index (χ1v) is 12.9. The van der Waals surface area contributed by atoms with Crippen molar-refractivity contribution < 1.29 is 29.0 Å². The van der Waals surface area contributed by atoms with Gasteiger partial charge in [0.05, 0.1) is 18.1 Å². The van der Waals surface area contributed by atoms with Gasteiger partial charge in [0.25, 0.3) is 0 Å². The van der Waals surface area contributed by atoms with Gasteiger partial charge in [0.15, 0.2) is 0 Å². The Bertz CT molecular complexity index is 787. The first kappa shape index (κ1) is 26.7. The molecule has 34 heavy (non-hydrogen) atoms. The van der Waals surface area contributed by atoms with Gasteiger partial charge in [-0.25, -0.2) is 0 Å². The Balaban J connectivity index is 2.03. The first-order chi connectivity index (χ1) is 16.2. The molecule has 6 atom stereocenters. The number of rotatable bonds is 13. The molecule has 3 aliphatic heterocycles. The molecule has 192 valence electrons. The van der Waals surface area contributed by atoms with Gasteiger partial charge in [-0.3, -0.25) is 14.4 Å². The molecule has 3 saturated heterocycles. The molecule has 3 aliphatic rings. The normalized spacial score (nSPS) is 33.8. The number of carbonyl (C=O) groups excluding carboxylic acids is 3. The molecule has 1 N–H and O–H groups in total. The molecule has 8 heteroatoms. The first-order valence-electron chi connectivity index (χ1n) is 12.9. The minimum absolute atomic E-state index is 0.000842. The van der Waals surface area contributed by atoms with Gasteiger partial charge in [-0.05, 0) is 51.9 Å². The Labute approximate surface area is 203 Å². The molecule has 2 bridgehead atoms. The molecule has 3 heterocycles. The third-order valence-corrected chi connectivity index (χ3v) is 8.09. The summed E-state index contributed by atoms with van der Waals surface area (Å²) in [5.41, 5.74) is -1.89. The molecule has 2 amide bonds. The fourth-order valence-electron chi connectivity index (χ4n) is 6.39. The number of likely N-dealkylation sites (tertiary alicyclic amines) is 1. The molecule has 8 nitrogen and oxygen atoms in total. The predicted octanol–water partition coefficient (Wildman–Crippen LogP) is 2.54. The molecule has 0 aliphatic carbocycles. The fourth-order valence-corrected chi connectivity index (χ4v) is 6.39. The molecule has 0 aromatic heterocycles. The number of ether oxygens (including phenoxy) is 2. The number of amides is 2. The van der Waals surface area contributed by atoms with Crippen LogP contribution in [0.5, 0.6) is 0 Å². The quantitative estimate of drug-likeness (QED) is 0.248. The van der Waals surface area contributed by atoms with Crippen LogP contribution in [0.1, 0.15) is 66.2 Å². The van der Waals surface area contributed by atoms with E-state index in [2.05, 4.69) is 13.5 Å². The van der Waals surface area contributed by atoms with E-state index >= 15 is 0 Å². The smallest absolute Gasteiger partial charge is 0.312 e. The molecular formula is C26H42N2O6. The van der Waals surface area contributed by atoms with Gasteiger partial charge in [0.2, 0.25) is 11.8 Å². The lowest BCUT2D eigenvalue weighted by molar-refractivity contribution is -0.161. The predicted molar refractivity (Wildman–Crippen MR) is 128 cm³/mol. The summed E-state index contributed by atoms with van der Waals surface area (Å²) in [6.45, 7) is 13.3. The van der Waals surface area contributed by atoms with E-state index in [1.54, 1.807) is 22.8 Å². The van der Waals surface area contributed by atoms with Crippen molar-refractivity contribution in [3.05, 3.63) is 12.7 Å². The van der Waals surface area contributed by atoms with Gasteiger partial charge in [-0.15, -0.1) is 6.58 Å². The fraction of sp³-hybridized carbons (Fsp3) is 0.808. The summed E-state index contributed by atoms with van der Waals surface area (Å²) in [6.07, 6.45) is 6.13. The summed E-state index contributed by atoms with van der Waals surface area (Å²) in [4.78, 5) is 44.5. The second-order valence-corrected chi connectivity index (χ2v) is 10.2. The van der Waals surface area contributed by atoms with Crippen LogP contribution in [-0.2, 0) is 23.9 Å². The van der Waals surface area contributed by atoms with Gasteiger partial charge in [-0.1, -0.05) is 26.3 Å². The maximum Gasteiger partial charge on any atom is 0.312 e. The lowest BCUT2D eigenvalue weighted by Crippen LogP contribution is -2.56. The van der Waals surface area contributed by atoms with Crippen molar-refractivity contribution in [2.24, 2.45) is 17.8 Å². The molecule has 0 radical (unpaired) electrons. The molecule has 3 fully saturated rings. The van der Waals surface area contributed by atoms with Crippen LogP contribution < -0.4 is 0 Å². The molecule has 0 saturated carbocycles. The highest BCUT2D eigenvalue weighted by atomic mass is 16.6. The number of hydrogen-bond acceptors (Lipinski definition) is 6. The number of hydrogen-bond donors (Lipinski definition) is 1. The monoisotopic (exact) mass is 478 g/mol. The molecule has 3 rings (SSSR count). The van der Waals surface area contributed by atoms with Crippen molar-refractivity contribution in [1.82, 2.24) is 9.80 Å². The van der Waals surface area contributed by atoms with Crippen molar-refractivity contribution >= 4 is 17.8 Å². The van der Waals surface area contributed by atoms with Gasteiger partial charge < -0.3 is 24.4 Å². The number of unbranched alkanes of at least 4 members (excludes halogenated alkanes) is 3. The minimum Gasteiger partial charge on any atom is -0.466 e. The number of nitrogens with zero attached hydrogens (tertiary/aromatic N) is 2. The van der Waals surface area contributed by atoms with E-state index in [0.717, 1.165) is 19.3 Å². The summed E-state index contributed by atoms with van der Waals surface area (Å²) in [7, 11) is 0. The van der Waals surface area contributed by atoms with Crippen LogP contribution in [-0.4, -0.2) is 82.8 Å². The van der Waals surface area contributed by atoms with Crippen LogP contribution >= 0.6 is 0 Å². The van der Waals surface area contributed by atoms with Crippen LogP contribution in [0.2, 0.25) is 0 Å². The molecule has 3 unspecified atom stereocenters. The summed E-state index contributed by atoms with van der Waals surface area (Å²) in [5.74, 6) is -2.20. The van der Waals surface area contributed by atoms with Crippen molar-refractivity contribution in [1.29, 1.82) is 0 Å². The summed E-state index contributed by atoms with van der Waals surface area (Å²) < 4.78 is 12.1. The van der Waals surface area contributed by atoms with E-state index in [1.807, 2.05) is 13.8 Å². The molecule has 0 aromatic carbocycles. The van der Waals surface area contributed by atoms with Gasteiger partial charge in [0, 0.05) is 26.2 Å². The molecular weight excluding hydrogens is 436 g/mol. The Morgan fingerprint density at radius 2 is 2.03 bits per heavy atom. The van der Waals surface area contributed by atoms with E-state index < -0.39 is 35.0 Å². The minimum atomic E-state index is -1.04. The largest absolute Gasteiger partial charge is 0.466 e. The zero-order valence-electron chi connectivity index (χ0n) is 21.3. The average Bonchev–Trinajstić information content (AvgIpc) is 3.31. The van der Waals surface area contributed by atoms with Gasteiger partial charge in [0.1, 0.15) is 17.6 Å². The highest BCUT2D eigenvalue weighted by molar-refractivity contribution is 5.98. The van der Waals surface area contributed by atoms with Crippen LogP contribution in [0.3, 0.4) is 0 Å². The van der Waals surface area contributed by atoms with Crippen molar-refractivity contribution in [2.75, 3.05) is 32.8 Å². The lowest BCUT2D eigenvalue weighted by atomic mass is 9.62. The number of fused-ring (bicyclic) bond motifs is 1. The molecule has 0 aromatic rings. The zero-order chi connectivity index (χ0) is 25.1. The number of aliphatic hydroxyl groups is 1. The second-order valence-electron chi connectivity index (χ2n) is 10.2.